The SMILES string of the molecule is CCn1cncc1C[C@H](NC(=O)[C@H](CC(C)C)NC(=O)[C@@H]1CCCN1C(C)=O)C(=O)N[C@@H](CO)C(=O)N[C@H](C(N)=O)[C@@H](C)OP(=O)(O)O. The molecule has 1 saturated heterocycles. The quantitative estimate of drug-likeness (QED) is 0.0732. The number of nitrogens with zero attached hydrogens (tertiary/aromatic N) is 3. The minimum absolute atomic E-state index is 0.0695. The highest BCUT2D eigenvalue weighted by atomic mass is 31.2. The Kier molecular flexibility index (Phi) is 15.1. The zero-order valence-electron chi connectivity index (χ0n) is 27.6. The topological polar surface area (TPSA) is 285 Å². The number of phosphoric ester groups is 1. The van der Waals surface area contributed by atoms with E-state index < -0.39 is 80.3 Å². The monoisotopic (exact) mass is 702 g/mol. The van der Waals surface area contributed by atoms with Gasteiger partial charge in [-0.15, -0.1) is 0 Å². The molecular formula is C28H47N8O11P. The maximum absolute atomic E-state index is 13.7. The Morgan fingerprint density at radius 3 is 2.17 bits per heavy atom. The van der Waals surface area contributed by atoms with Gasteiger partial charge >= 0.3 is 7.82 Å². The van der Waals surface area contributed by atoms with Gasteiger partial charge in [-0.25, -0.2) is 9.55 Å². The maximum atomic E-state index is 13.7. The fourth-order valence-corrected chi connectivity index (χ4v) is 5.85. The number of nitrogens with two attached hydrogens (primary N) is 1. The summed E-state index contributed by atoms with van der Waals surface area (Å²) in [7, 11) is -5.08. The first-order chi connectivity index (χ1) is 22.4. The standard InChI is InChI=1S/C28H47N8O11P/c1-6-35-14-30-12-18(35)11-20(26(41)33-21(13-37)27(42)34-23(24(29)39)16(4)47-48(44,45)46)31-25(40)19(10-15(2)3)32-28(43)22-8-7-9-36(22)17(5)38/h12,14-16,19-23,37H,6-11,13H2,1-5H3,(H2,29,39)(H,31,40)(H,32,43)(H,33,41)(H,34,42)(H2,44,45,46)/t16-,19+,20+,21+,22+,23+/m1/s1. The predicted molar refractivity (Wildman–Crippen MR) is 168 cm³/mol. The lowest BCUT2D eigenvalue weighted by Crippen LogP contribution is -2.61. The average molecular weight is 703 g/mol. The predicted octanol–water partition coefficient (Wildman–Crippen LogP) is -2.58. The summed E-state index contributed by atoms with van der Waals surface area (Å²) in [6, 6.07) is -6.67. The van der Waals surface area contributed by atoms with Crippen LogP contribution in [0, 0.1) is 5.92 Å². The van der Waals surface area contributed by atoms with Crippen molar-refractivity contribution in [2.24, 2.45) is 11.7 Å². The van der Waals surface area contributed by atoms with E-state index in [9.17, 15) is 38.4 Å². The second-order valence-electron chi connectivity index (χ2n) is 11.9. The number of phosphoric acid groups is 1. The van der Waals surface area contributed by atoms with Gasteiger partial charge in [0.25, 0.3) is 0 Å². The molecule has 270 valence electrons. The summed E-state index contributed by atoms with van der Waals surface area (Å²) < 4.78 is 17.4. The Morgan fingerprint density at radius 2 is 1.62 bits per heavy atom. The Balaban J connectivity index is 2.30. The molecule has 19 nitrogen and oxygen atoms in total. The number of likely N-dealkylation sites (tertiary alicyclic amines) is 1. The number of nitrogens with one attached hydrogen (secondary N) is 4. The number of rotatable bonds is 18. The van der Waals surface area contributed by atoms with Crippen LogP contribution in [0.4, 0.5) is 0 Å². The van der Waals surface area contributed by atoms with Crippen LogP contribution in [0.15, 0.2) is 12.5 Å². The van der Waals surface area contributed by atoms with Gasteiger partial charge in [-0.2, -0.15) is 0 Å². The molecule has 0 saturated carbocycles. The zero-order chi connectivity index (χ0) is 36.3. The van der Waals surface area contributed by atoms with Crippen molar-refractivity contribution in [3.05, 3.63) is 18.2 Å². The molecule has 20 heteroatoms. The summed E-state index contributed by atoms with van der Waals surface area (Å²) in [6.45, 7) is 7.84. The molecule has 48 heavy (non-hydrogen) atoms. The van der Waals surface area contributed by atoms with E-state index in [1.165, 1.54) is 24.3 Å². The number of hydrogen-bond acceptors (Lipinski definition) is 10. The third-order valence-corrected chi connectivity index (χ3v) is 8.29. The van der Waals surface area contributed by atoms with Gasteiger partial charge in [0.05, 0.1) is 19.0 Å². The third kappa shape index (κ3) is 12.0. The molecule has 1 aliphatic rings. The molecule has 2 heterocycles. The first-order valence-electron chi connectivity index (χ1n) is 15.5. The second kappa shape index (κ2) is 18.0. The van der Waals surface area contributed by atoms with Crippen LogP contribution in [0.3, 0.4) is 0 Å². The molecule has 0 aliphatic carbocycles. The van der Waals surface area contributed by atoms with E-state index in [1.807, 2.05) is 20.8 Å². The highest BCUT2D eigenvalue weighted by Crippen LogP contribution is 2.38. The molecule has 1 aliphatic heterocycles. The lowest BCUT2D eigenvalue weighted by molar-refractivity contribution is -0.139. The number of aliphatic hydroxyl groups excluding tert-OH is 1. The molecule has 9 N–H and O–H groups in total. The van der Waals surface area contributed by atoms with E-state index in [0.717, 1.165) is 6.92 Å². The molecule has 6 atom stereocenters. The smallest absolute Gasteiger partial charge is 0.394 e. The third-order valence-electron chi connectivity index (χ3n) is 7.68. The first kappa shape index (κ1) is 40.3. The zero-order valence-corrected chi connectivity index (χ0v) is 28.5. The average Bonchev–Trinajstić information content (AvgIpc) is 3.66. The van der Waals surface area contributed by atoms with Gasteiger partial charge in [-0.1, -0.05) is 13.8 Å². The lowest BCUT2D eigenvalue weighted by atomic mass is 10.0. The molecule has 1 fully saturated rings. The molecule has 2 rings (SSSR count). The minimum atomic E-state index is -5.08. The second-order valence-corrected chi connectivity index (χ2v) is 13.1. The number of primary amides is 1. The van der Waals surface area contributed by atoms with Crippen molar-refractivity contribution >= 4 is 43.3 Å². The maximum Gasteiger partial charge on any atom is 0.469 e. The van der Waals surface area contributed by atoms with Crippen LogP contribution in [0.5, 0.6) is 0 Å². The van der Waals surface area contributed by atoms with Crippen LogP contribution in [0.25, 0.3) is 0 Å². The fraction of sp³-hybridized carbons (Fsp3) is 0.679. The minimum Gasteiger partial charge on any atom is -0.394 e. The summed E-state index contributed by atoms with van der Waals surface area (Å²) in [5.41, 5.74) is 5.81. The molecule has 1 aromatic heterocycles. The van der Waals surface area contributed by atoms with Crippen molar-refractivity contribution in [2.45, 2.75) is 103 Å². The summed E-state index contributed by atoms with van der Waals surface area (Å²) >= 11 is 0. The molecule has 0 spiro atoms. The van der Waals surface area contributed by atoms with Crippen LogP contribution in [0.1, 0.15) is 59.6 Å². The van der Waals surface area contributed by atoms with Gasteiger partial charge < -0.3 is 51.4 Å². The number of amides is 6. The van der Waals surface area contributed by atoms with Crippen molar-refractivity contribution in [1.82, 2.24) is 35.7 Å². The van der Waals surface area contributed by atoms with Crippen molar-refractivity contribution in [2.75, 3.05) is 13.2 Å². The summed E-state index contributed by atoms with van der Waals surface area (Å²) in [6.07, 6.45) is 2.53. The number of hydrogen-bond donors (Lipinski definition) is 8. The van der Waals surface area contributed by atoms with E-state index in [1.54, 1.807) is 4.57 Å². The van der Waals surface area contributed by atoms with E-state index in [0.29, 0.717) is 31.6 Å². The highest BCUT2D eigenvalue weighted by Gasteiger charge is 2.37. The normalized spacial score (nSPS) is 17.9. The number of carbonyl (C=O) groups excluding carboxylic acids is 6. The van der Waals surface area contributed by atoms with Gasteiger partial charge in [0.1, 0.15) is 30.2 Å². The Morgan fingerprint density at radius 1 is 1.02 bits per heavy atom. The van der Waals surface area contributed by atoms with Crippen LogP contribution in [-0.2, 0) is 50.8 Å². The van der Waals surface area contributed by atoms with Crippen LogP contribution in [0.2, 0.25) is 0 Å². The molecule has 0 aromatic carbocycles. The summed E-state index contributed by atoms with van der Waals surface area (Å²) in [5.74, 6) is -4.84. The van der Waals surface area contributed by atoms with E-state index in [-0.39, 0.29) is 24.7 Å². The summed E-state index contributed by atoms with van der Waals surface area (Å²) in [4.78, 5) is 101. The van der Waals surface area contributed by atoms with Crippen molar-refractivity contribution in [3.8, 4) is 0 Å². The Bertz CT molecular complexity index is 1370. The van der Waals surface area contributed by atoms with Crippen LogP contribution < -0.4 is 27.0 Å². The first-order valence-corrected chi connectivity index (χ1v) is 17.0. The van der Waals surface area contributed by atoms with Crippen molar-refractivity contribution < 1.29 is 52.7 Å². The molecular weight excluding hydrogens is 655 g/mol. The lowest BCUT2D eigenvalue weighted by Gasteiger charge is -2.28. The van der Waals surface area contributed by atoms with Gasteiger partial charge in [-0.3, -0.25) is 33.3 Å². The molecule has 1 aromatic rings. The van der Waals surface area contributed by atoms with E-state index >= 15 is 0 Å². The summed E-state index contributed by atoms with van der Waals surface area (Å²) in [5, 5.41) is 19.7. The molecule has 6 amide bonds. The fourth-order valence-electron chi connectivity index (χ4n) is 5.30. The number of aryl methyl sites for hydroxylation is 1. The molecule has 0 radical (unpaired) electrons. The number of carbonyl (C=O) groups is 6. The van der Waals surface area contributed by atoms with E-state index in [4.69, 9.17) is 15.5 Å². The number of aromatic nitrogens is 2. The van der Waals surface area contributed by atoms with Crippen molar-refractivity contribution in [1.29, 1.82) is 0 Å². The Hall–Kier alpha value is -3.90. The van der Waals surface area contributed by atoms with Gasteiger partial charge in [0, 0.05) is 38.3 Å². The van der Waals surface area contributed by atoms with Gasteiger partial charge in [0.2, 0.25) is 35.4 Å². The number of imidazole rings is 1. The van der Waals surface area contributed by atoms with Crippen LogP contribution >= 0.6 is 7.82 Å². The van der Waals surface area contributed by atoms with Crippen molar-refractivity contribution in [3.63, 3.8) is 0 Å². The van der Waals surface area contributed by atoms with Gasteiger partial charge in [-0.05, 0) is 39.0 Å². The number of aliphatic hydroxyl groups is 1. The molecule has 0 unspecified atom stereocenters. The molecule has 0 bridgehead atoms. The highest BCUT2D eigenvalue weighted by molar-refractivity contribution is 7.46. The van der Waals surface area contributed by atoms with Crippen LogP contribution in [-0.4, -0.2) is 114 Å². The largest absolute Gasteiger partial charge is 0.469 e. The van der Waals surface area contributed by atoms with Gasteiger partial charge in [0.15, 0.2) is 0 Å². The van der Waals surface area contributed by atoms with E-state index in [2.05, 4.69) is 30.8 Å². The Labute approximate surface area is 278 Å².